The van der Waals surface area contributed by atoms with Crippen molar-refractivity contribution in [2.24, 2.45) is 0 Å². The van der Waals surface area contributed by atoms with Crippen LogP contribution in [0.4, 0.5) is 4.39 Å². The highest BCUT2D eigenvalue weighted by molar-refractivity contribution is 6.42. The second-order valence-corrected chi connectivity index (χ2v) is 10.0. The normalized spacial score (nSPS) is 14.4. The molecule has 0 bridgehead atoms. The Balaban J connectivity index is 1.67. The summed E-state index contributed by atoms with van der Waals surface area (Å²) in [5.74, 6) is -0.928. The molecular formula is C29H29Cl2FN2O2. The Kier molecular flexibility index (Phi) is 9.00. The highest BCUT2D eigenvalue weighted by Gasteiger charge is 2.32. The molecule has 3 aromatic carbocycles. The molecule has 1 aliphatic carbocycles. The third-order valence-corrected chi connectivity index (χ3v) is 7.35. The van der Waals surface area contributed by atoms with Gasteiger partial charge in [0.1, 0.15) is 11.9 Å². The average molecular weight is 527 g/mol. The summed E-state index contributed by atoms with van der Waals surface area (Å²) < 4.78 is 14.7. The number of amides is 2. The lowest BCUT2D eigenvalue weighted by atomic mass is 10.0. The van der Waals surface area contributed by atoms with E-state index in [9.17, 15) is 14.0 Å². The Labute approximate surface area is 221 Å². The largest absolute Gasteiger partial charge is 0.352 e. The minimum absolute atomic E-state index is 0.00728. The third-order valence-electron chi connectivity index (χ3n) is 6.61. The molecular weight excluding hydrogens is 498 g/mol. The van der Waals surface area contributed by atoms with Crippen molar-refractivity contribution < 1.29 is 14.0 Å². The molecule has 0 saturated heterocycles. The first-order valence-corrected chi connectivity index (χ1v) is 13.0. The van der Waals surface area contributed by atoms with E-state index >= 15 is 0 Å². The number of nitrogens with one attached hydrogen (secondary N) is 1. The van der Waals surface area contributed by atoms with Gasteiger partial charge in [-0.25, -0.2) is 4.39 Å². The number of rotatable bonds is 9. The molecule has 3 aromatic rings. The summed E-state index contributed by atoms with van der Waals surface area (Å²) in [6, 6.07) is 20.2. The zero-order chi connectivity index (χ0) is 25.5. The standard InChI is InChI=1S/C29H29Cl2FN2O2/c30-24-15-14-21(16-25(24)31)18-28(35)34(19-22-10-4-7-13-26(22)32)27(17-20-8-2-1-3-9-20)29(36)33-23-11-5-6-12-23/h1-4,7-10,13-16,23,27H,5-6,11-12,17-19H2,(H,33,36). The van der Waals surface area contributed by atoms with Crippen molar-refractivity contribution in [1.82, 2.24) is 10.2 Å². The van der Waals surface area contributed by atoms with E-state index in [2.05, 4.69) is 5.32 Å². The quantitative estimate of drug-likeness (QED) is 0.352. The molecule has 0 heterocycles. The van der Waals surface area contributed by atoms with Gasteiger partial charge in [-0.15, -0.1) is 0 Å². The van der Waals surface area contributed by atoms with Crippen LogP contribution in [0, 0.1) is 5.82 Å². The molecule has 1 unspecified atom stereocenters. The maximum Gasteiger partial charge on any atom is 0.243 e. The Bertz CT molecular complexity index is 1200. The number of nitrogens with zero attached hydrogens (tertiary/aromatic N) is 1. The van der Waals surface area contributed by atoms with Gasteiger partial charge < -0.3 is 10.2 Å². The molecule has 0 spiro atoms. The fourth-order valence-electron chi connectivity index (χ4n) is 4.66. The minimum atomic E-state index is -0.803. The van der Waals surface area contributed by atoms with Crippen LogP contribution in [-0.4, -0.2) is 28.8 Å². The van der Waals surface area contributed by atoms with Crippen molar-refractivity contribution in [1.29, 1.82) is 0 Å². The van der Waals surface area contributed by atoms with Crippen LogP contribution in [0.15, 0.2) is 72.8 Å². The van der Waals surface area contributed by atoms with E-state index in [0.29, 0.717) is 27.6 Å². The smallest absolute Gasteiger partial charge is 0.243 e. The molecule has 1 fully saturated rings. The molecule has 1 saturated carbocycles. The van der Waals surface area contributed by atoms with Crippen molar-refractivity contribution in [3.05, 3.63) is 105 Å². The Morgan fingerprint density at radius 3 is 2.31 bits per heavy atom. The topological polar surface area (TPSA) is 49.4 Å². The summed E-state index contributed by atoms with van der Waals surface area (Å²) in [7, 11) is 0. The van der Waals surface area contributed by atoms with Gasteiger partial charge in [0.2, 0.25) is 11.8 Å². The van der Waals surface area contributed by atoms with Crippen LogP contribution in [0.25, 0.3) is 0 Å². The van der Waals surface area contributed by atoms with Gasteiger partial charge in [0.15, 0.2) is 0 Å². The Morgan fingerprint density at radius 2 is 1.61 bits per heavy atom. The van der Waals surface area contributed by atoms with E-state index in [0.717, 1.165) is 31.2 Å². The molecule has 4 rings (SSSR count). The summed E-state index contributed by atoms with van der Waals surface area (Å²) in [5.41, 5.74) is 1.94. The number of carbonyl (C=O) groups is 2. The van der Waals surface area contributed by atoms with Crippen molar-refractivity contribution in [3.8, 4) is 0 Å². The van der Waals surface area contributed by atoms with Crippen LogP contribution in [-0.2, 0) is 29.0 Å². The zero-order valence-corrected chi connectivity index (χ0v) is 21.4. The Hall–Kier alpha value is -2.89. The van der Waals surface area contributed by atoms with Crippen LogP contribution in [0.2, 0.25) is 10.0 Å². The summed E-state index contributed by atoms with van der Waals surface area (Å²) in [6.45, 7) is -0.0254. The van der Waals surface area contributed by atoms with Crippen LogP contribution in [0.1, 0.15) is 42.4 Å². The molecule has 1 aliphatic rings. The van der Waals surface area contributed by atoms with Crippen molar-refractivity contribution in [3.63, 3.8) is 0 Å². The highest BCUT2D eigenvalue weighted by Crippen LogP contribution is 2.25. The van der Waals surface area contributed by atoms with Crippen LogP contribution in [0.5, 0.6) is 0 Å². The molecule has 0 radical (unpaired) electrons. The molecule has 0 aliphatic heterocycles. The maximum absolute atomic E-state index is 14.7. The molecule has 4 nitrogen and oxygen atoms in total. The lowest BCUT2D eigenvalue weighted by Gasteiger charge is -2.32. The molecule has 1 N–H and O–H groups in total. The fraction of sp³-hybridized carbons (Fsp3) is 0.310. The van der Waals surface area contributed by atoms with E-state index in [1.54, 1.807) is 36.4 Å². The predicted octanol–water partition coefficient (Wildman–Crippen LogP) is 6.37. The second-order valence-electron chi connectivity index (χ2n) is 9.23. The maximum atomic E-state index is 14.7. The third kappa shape index (κ3) is 6.86. The van der Waals surface area contributed by atoms with Gasteiger partial charge in [0, 0.05) is 24.6 Å². The fourth-order valence-corrected chi connectivity index (χ4v) is 4.98. The van der Waals surface area contributed by atoms with Crippen molar-refractivity contribution in [2.75, 3.05) is 0 Å². The van der Waals surface area contributed by atoms with E-state index < -0.39 is 11.9 Å². The summed E-state index contributed by atoms with van der Waals surface area (Å²) >= 11 is 12.2. The second kappa shape index (κ2) is 12.4. The molecule has 188 valence electrons. The van der Waals surface area contributed by atoms with Gasteiger partial charge in [-0.05, 0) is 42.2 Å². The highest BCUT2D eigenvalue weighted by atomic mass is 35.5. The molecule has 0 aromatic heterocycles. The average Bonchev–Trinajstić information content (AvgIpc) is 3.38. The number of carbonyl (C=O) groups excluding carboxylic acids is 2. The number of benzene rings is 3. The lowest BCUT2D eigenvalue weighted by Crippen LogP contribution is -2.52. The summed E-state index contributed by atoms with van der Waals surface area (Å²) in [4.78, 5) is 28.9. The number of hydrogen-bond donors (Lipinski definition) is 1. The van der Waals surface area contributed by atoms with Crippen LogP contribution >= 0.6 is 23.2 Å². The van der Waals surface area contributed by atoms with E-state index in [4.69, 9.17) is 23.2 Å². The minimum Gasteiger partial charge on any atom is -0.352 e. The summed E-state index contributed by atoms with van der Waals surface area (Å²) in [6.07, 6.45) is 4.32. The lowest BCUT2D eigenvalue weighted by molar-refractivity contribution is -0.141. The zero-order valence-electron chi connectivity index (χ0n) is 19.9. The Morgan fingerprint density at radius 1 is 0.917 bits per heavy atom. The molecule has 7 heteroatoms. The van der Waals surface area contributed by atoms with Crippen LogP contribution < -0.4 is 5.32 Å². The molecule has 1 atom stereocenters. The van der Waals surface area contributed by atoms with Gasteiger partial charge in [-0.2, -0.15) is 0 Å². The van der Waals surface area contributed by atoms with Crippen molar-refractivity contribution >= 4 is 35.0 Å². The van der Waals surface area contributed by atoms with Gasteiger partial charge in [0.05, 0.1) is 16.5 Å². The SMILES string of the molecule is O=C(NC1CCCC1)C(Cc1ccccc1)N(Cc1ccccc1F)C(=O)Cc1ccc(Cl)c(Cl)c1. The van der Waals surface area contributed by atoms with Crippen molar-refractivity contribution in [2.45, 2.75) is 57.2 Å². The number of hydrogen-bond acceptors (Lipinski definition) is 2. The monoisotopic (exact) mass is 526 g/mol. The van der Waals surface area contributed by atoms with Gasteiger partial charge in [0.25, 0.3) is 0 Å². The predicted molar refractivity (Wildman–Crippen MR) is 141 cm³/mol. The summed E-state index contributed by atoms with van der Waals surface area (Å²) in [5, 5.41) is 3.90. The first-order chi connectivity index (χ1) is 17.4. The van der Waals surface area contributed by atoms with Gasteiger partial charge >= 0.3 is 0 Å². The first-order valence-electron chi connectivity index (χ1n) is 12.2. The van der Waals surface area contributed by atoms with E-state index in [1.165, 1.54) is 11.0 Å². The molecule has 2 amide bonds. The van der Waals surface area contributed by atoms with Crippen LogP contribution in [0.3, 0.4) is 0 Å². The molecule has 36 heavy (non-hydrogen) atoms. The number of halogens is 3. The van der Waals surface area contributed by atoms with E-state index in [-0.39, 0.29) is 30.8 Å². The first kappa shape index (κ1) is 26.2. The van der Waals surface area contributed by atoms with Gasteiger partial charge in [-0.1, -0.05) is 90.6 Å². The van der Waals surface area contributed by atoms with E-state index in [1.807, 2.05) is 30.3 Å². The van der Waals surface area contributed by atoms with Gasteiger partial charge in [-0.3, -0.25) is 9.59 Å².